The van der Waals surface area contributed by atoms with Crippen molar-refractivity contribution in [2.45, 2.75) is 53.2 Å². The van der Waals surface area contributed by atoms with Crippen molar-refractivity contribution in [2.75, 3.05) is 6.54 Å². The Hall–Kier alpha value is -2.09. The Bertz CT molecular complexity index is 790. The van der Waals surface area contributed by atoms with Gasteiger partial charge in [0.2, 0.25) is 0 Å². The van der Waals surface area contributed by atoms with Crippen molar-refractivity contribution in [3.05, 3.63) is 70.8 Å². The van der Waals surface area contributed by atoms with Crippen molar-refractivity contribution >= 4 is 35.8 Å². The Labute approximate surface area is 191 Å². The molecule has 0 saturated carbocycles. The molecule has 0 radical (unpaired) electrons. The number of halogens is 1. The molecule has 3 N–H and O–H groups in total. The third-order valence-electron chi connectivity index (χ3n) is 4.51. The van der Waals surface area contributed by atoms with E-state index < -0.39 is 0 Å². The van der Waals surface area contributed by atoms with Gasteiger partial charge in [-0.1, -0.05) is 48.9 Å². The normalized spacial score (nSPS) is 11.9. The van der Waals surface area contributed by atoms with Crippen molar-refractivity contribution in [3.8, 4) is 0 Å². The van der Waals surface area contributed by atoms with Crippen LogP contribution < -0.4 is 16.0 Å². The molecule has 0 saturated heterocycles. The van der Waals surface area contributed by atoms with Gasteiger partial charge < -0.3 is 16.0 Å². The second kappa shape index (κ2) is 13.2. The first kappa shape index (κ1) is 24.9. The summed E-state index contributed by atoms with van der Waals surface area (Å²) < 4.78 is 0. The Balaban J connectivity index is 0.00000420. The van der Waals surface area contributed by atoms with Gasteiger partial charge in [0.15, 0.2) is 5.96 Å². The van der Waals surface area contributed by atoms with Gasteiger partial charge in [-0.15, -0.1) is 24.0 Å². The molecule has 158 valence electrons. The molecule has 0 bridgehead atoms. The van der Waals surface area contributed by atoms with E-state index in [2.05, 4.69) is 66.0 Å². The summed E-state index contributed by atoms with van der Waals surface area (Å²) in [4.78, 5) is 16.8. The number of aliphatic imine (C=N–C) groups is 1. The van der Waals surface area contributed by atoms with E-state index >= 15 is 0 Å². The van der Waals surface area contributed by atoms with E-state index in [4.69, 9.17) is 0 Å². The summed E-state index contributed by atoms with van der Waals surface area (Å²) >= 11 is 0. The summed E-state index contributed by atoms with van der Waals surface area (Å²) in [5.74, 6) is 0.754. The van der Waals surface area contributed by atoms with E-state index in [1.54, 1.807) is 0 Å². The van der Waals surface area contributed by atoms with Crippen LogP contribution in [-0.2, 0) is 13.1 Å². The van der Waals surface area contributed by atoms with E-state index in [1.165, 1.54) is 11.1 Å². The van der Waals surface area contributed by atoms with Gasteiger partial charge in [0.05, 0.1) is 6.54 Å². The second-order valence-corrected chi connectivity index (χ2v) is 7.02. The lowest BCUT2D eigenvalue weighted by Gasteiger charge is -2.13. The largest absolute Gasteiger partial charge is 0.357 e. The van der Waals surface area contributed by atoms with Gasteiger partial charge in [0, 0.05) is 24.7 Å². The van der Waals surface area contributed by atoms with Crippen LogP contribution in [0.1, 0.15) is 54.2 Å². The van der Waals surface area contributed by atoms with Gasteiger partial charge in [0.1, 0.15) is 0 Å². The summed E-state index contributed by atoms with van der Waals surface area (Å²) in [7, 11) is 0. The van der Waals surface area contributed by atoms with Crippen LogP contribution in [-0.4, -0.2) is 24.5 Å². The SMILES string of the molecule is CCNC(=NCc1cccc(C)c1)NCc1ccc(C(=O)NC(C)CC)cc1.I. The van der Waals surface area contributed by atoms with E-state index in [9.17, 15) is 4.79 Å². The summed E-state index contributed by atoms with van der Waals surface area (Å²) in [6.07, 6.45) is 0.919. The molecular formula is C23H33IN4O. The van der Waals surface area contributed by atoms with Crippen LogP contribution in [0, 0.1) is 6.92 Å². The zero-order valence-electron chi connectivity index (χ0n) is 17.8. The third kappa shape index (κ3) is 8.85. The summed E-state index contributed by atoms with van der Waals surface area (Å²) in [5, 5.41) is 9.61. The van der Waals surface area contributed by atoms with Crippen molar-refractivity contribution in [1.29, 1.82) is 0 Å². The molecule has 1 unspecified atom stereocenters. The molecule has 2 aromatic rings. The van der Waals surface area contributed by atoms with Gasteiger partial charge in [-0.05, 0) is 50.5 Å². The highest BCUT2D eigenvalue weighted by atomic mass is 127. The predicted octanol–water partition coefficient (Wildman–Crippen LogP) is 4.40. The zero-order chi connectivity index (χ0) is 20.4. The molecule has 6 heteroatoms. The summed E-state index contributed by atoms with van der Waals surface area (Å²) in [5.41, 5.74) is 4.21. The van der Waals surface area contributed by atoms with Crippen molar-refractivity contribution in [1.82, 2.24) is 16.0 Å². The fraction of sp³-hybridized carbons (Fsp3) is 0.391. The van der Waals surface area contributed by atoms with Crippen LogP contribution in [0.2, 0.25) is 0 Å². The smallest absolute Gasteiger partial charge is 0.251 e. The second-order valence-electron chi connectivity index (χ2n) is 7.02. The molecule has 0 spiro atoms. The lowest BCUT2D eigenvalue weighted by Crippen LogP contribution is -2.36. The van der Waals surface area contributed by atoms with Crippen molar-refractivity contribution in [3.63, 3.8) is 0 Å². The lowest BCUT2D eigenvalue weighted by molar-refractivity contribution is 0.0939. The molecular weight excluding hydrogens is 475 g/mol. The first-order valence-electron chi connectivity index (χ1n) is 9.99. The van der Waals surface area contributed by atoms with E-state index in [0.717, 1.165) is 24.5 Å². The molecule has 0 fully saturated rings. The van der Waals surface area contributed by atoms with Crippen molar-refractivity contribution < 1.29 is 4.79 Å². The monoisotopic (exact) mass is 508 g/mol. The van der Waals surface area contributed by atoms with Gasteiger partial charge in [0.25, 0.3) is 5.91 Å². The predicted molar refractivity (Wildman–Crippen MR) is 132 cm³/mol. The van der Waals surface area contributed by atoms with Crippen LogP contribution in [0.4, 0.5) is 0 Å². The Morgan fingerprint density at radius 2 is 1.76 bits per heavy atom. The number of hydrogen-bond acceptors (Lipinski definition) is 2. The minimum Gasteiger partial charge on any atom is -0.357 e. The molecule has 0 aliphatic carbocycles. The molecule has 1 amide bonds. The molecule has 5 nitrogen and oxygen atoms in total. The first-order valence-corrected chi connectivity index (χ1v) is 9.99. The number of carbonyl (C=O) groups excluding carboxylic acids is 1. The Morgan fingerprint density at radius 3 is 2.38 bits per heavy atom. The quantitative estimate of drug-likeness (QED) is 0.282. The van der Waals surface area contributed by atoms with Crippen LogP contribution in [0.25, 0.3) is 0 Å². The summed E-state index contributed by atoms with van der Waals surface area (Å²) in [6, 6.07) is 16.2. The highest BCUT2D eigenvalue weighted by molar-refractivity contribution is 14.0. The van der Waals surface area contributed by atoms with E-state index in [1.807, 2.05) is 31.2 Å². The molecule has 29 heavy (non-hydrogen) atoms. The van der Waals surface area contributed by atoms with Crippen LogP contribution >= 0.6 is 24.0 Å². The number of nitrogens with zero attached hydrogens (tertiary/aromatic N) is 1. The minimum atomic E-state index is -0.0260. The van der Waals surface area contributed by atoms with Gasteiger partial charge in [-0.25, -0.2) is 4.99 Å². The van der Waals surface area contributed by atoms with E-state index in [0.29, 0.717) is 18.7 Å². The Kier molecular flexibility index (Phi) is 11.3. The Morgan fingerprint density at radius 1 is 1.03 bits per heavy atom. The number of aryl methyl sites for hydroxylation is 1. The molecule has 0 heterocycles. The highest BCUT2D eigenvalue weighted by Gasteiger charge is 2.08. The first-order chi connectivity index (χ1) is 13.5. The van der Waals surface area contributed by atoms with E-state index in [-0.39, 0.29) is 35.9 Å². The van der Waals surface area contributed by atoms with Crippen LogP contribution in [0.3, 0.4) is 0 Å². The number of guanidine groups is 1. The molecule has 0 aliphatic heterocycles. The average molecular weight is 508 g/mol. The van der Waals surface area contributed by atoms with Crippen LogP contribution in [0.15, 0.2) is 53.5 Å². The maximum Gasteiger partial charge on any atom is 0.251 e. The number of amides is 1. The average Bonchev–Trinajstić information content (AvgIpc) is 2.70. The topological polar surface area (TPSA) is 65.5 Å². The summed E-state index contributed by atoms with van der Waals surface area (Å²) in [6.45, 7) is 10.3. The number of carbonyl (C=O) groups is 1. The third-order valence-corrected chi connectivity index (χ3v) is 4.51. The maximum absolute atomic E-state index is 12.2. The molecule has 0 aliphatic rings. The van der Waals surface area contributed by atoms with Crippen molar-refractivity contribution in [2.24, 2.45) is 4.99 Å². The standard InChI is InChI=1S/C23H32N4O.HI/c1-5-18(4)27-22(28)21-12-10-19(11-13-21)15-25-23(24-6-2)26-16-20-9-7-8-17(3)14-20;/h7-14,18H,5-6,15-16H2,1-4H3,(H,27,28)(H2,24,25,26);1H. The maximum atomic E-state index is 12.2. The van der Waals surface area contributed by atoms with Crippen LogP contribution in [0.5, 0.6) is 0 Å². The lowest BCUT2D eigenvalue weighted by atomic mass is 10.1. The number of nitrogens with one attached hydrogen (secondary N) is 3. The number of benzene rings is 2. The highest BCUT2D eigenvalue weighted by Crippen LogP contribution is 2.07. The van der Waals surface area contributed by atoms with Gasteiger partial charge in [-0.3, -0.25) is 4.79 Å². The minimum absolute atomic E-state index is 0. The van der Waals surface area contributed by atoms with Gasteiger partial charge in [-0.2, -0.15) is 0 Å². The fourth-order valence-electron chi connectivity index (χ4n) is 2.69. The molecule has 2 aromatic carbocycles. The molecule has 0 aromatic heterocycles. The van der Waals surface area contributed by atoms with Gasteiger partial charge >= 0.3 is 0 Å². The fourth-order valence-corrected chi connectivity index (χ4v) is 2.69. The molecule has 2 rings (SSSR count). The zero-order valence-corrected chi connectivity index (χ0v) is 20.1. The number of hydrogen-bond donors (Lipinski definition) is 3. The number of rotatable bonds is 8. The molecule has 1 atom stereocenters.